The number of carbonyl (C=O) groups excluding carboxylic acids is 3. The first kappa shape index (κ1) is 27.1. The maximum absolute atomic E-state index is 13.1. The number of primary amides is 1. The Morgan fingerprint density at radius 3 is 2.26 bits per heavy atom. The molecule has 1 unspecified atom stereocenters. The molecule has 9 nitrogen and oxygen atoms in total. The van der Waals surface area contributed by atoms with Crippen LogP contribution in [-0.4, -0.2) is 71.4 Å². The van der Waals surface area contributed by atoms with Crippen LogP contribution in [0.3, 0.4) is 0 Å². The van der Waals surface area contributed by atoms with E-state index in [2.05, 4.69) is 27.4 Å². The second-order valence-corrected chi connectivity index (χ2v) is 11.4. The molecule has 3 amide bonds. The molecule has 0 saturated carbocycles. The Hall–Kier alpha value is -3.46. The number of aromatic nitrogens is 1. The van der Waals surface area contributed by atoms with Gasteiger partial charge in [0.25, 0.3) is 11.8 Å². The maximum Gasteiger partial charge on any atom is 0.253 e. The first-order valence-electron chi connectivity index (χ1n) is 14.2. The number of hydrogen-bond acceptors (Lipinski definition) is 6. The van der Waals surface area contributed by atoms with Gasteiger partial charge in [-0.1, -0.05) is 6.92 Å². The van der Waals surface area contributed by atoms with E-state index < -0.39 is 5.91 Å². The molecule has 3 saturated heterocycles. The number of rotatable bonds is 7. The van der Waals surface area contributed by atoms with Crippen LogP contribution in [0.5, 0.6) is 0 Å². The van der Waals surface area contributed by atoms with Crippen LogP contribution in [0.15, 0.2) is 30.5 Å². The number of hydrogen-bond donors (Lipinski definition) is 3. The Morgan fingerprint density at radius 2 is 1.62 bits per heavy atom. The van der Waals surface area contributed by atoms with Crippen molar-refractivity contribution in [3.63, 3.8) is 0 Å². The first-order valence-corrected chi connectivity index (χ1v) is 14.2. The van der Waals surface area contributed by atoms with E-state index in [0.29, 0.717) is 34.3 Å². The van der Waals surface area contributed by atoms with Crippen molar-refractivity contribution in [3.8, 4) is 0 Å². The summed E-state index contributed by atoms with van der Waals surface area (Å²) in [5, 5.41) is 6.42. The predicted octanol–water partition coefficient (Wildman–Crippen LogP) is 2.94. The number of anilines is 1. The highest BCUT2D eigenvalue weighted by Gasteiger charge is 2.42. The molecular weight excluding hydrogens is 492 g/mol. The molecule has 3 fully saturated rings. The number of fused-ring (bicyclic) bond motifs is 2. The molecule has 2 aromatic rings. The summed E-state index contributed by atoms with van der Waals surface area (Å²) in [6.07, 6.45) is 7.62. The number of nitrogens with one attached hydrogen (secondary N) is 2. The van der Waals surface area contributed by atoms with Gasteiger partial charge in [-0.15, -0.1) is 0 Å². The monoisotopic (exact) mass is 532 g/mol. The van der Waals surface area contributed by atoms with Gasteiger partial charge in [0.15, 0.2) is 0 Å². The van der Waals surface area contributed by atoms with Crippen molar-refractivity contribution in [3.05, 3.63) is 58.3 Å². The third kappa shape index (κ3) is 5.78. The fourth-order valence-electron chi connectivity index (χ4n) is 6.66. The molecule has 4 N–H and O–H groups in total. The van der Waals surface area contributed by atoms with Gasteiger partial charge in [0, 0.05) is 48.0 Å². The summed E-state index contributed by atoms with van der Waals surface area (Å²) in [5.74, 6) is 0.238. The van der Waals surface area contributed by atoms with Crippen LogP contribution >= 0.6 is 0 Å². The van der Waals surface area contributed by atoms with Crippen molar-refractivity contribution in [1.29, 1.82) is 0 Å². The fourth-order valence-corrected chi connectivity index (χ4v) is 6.66. The first-order chi connectivity index (χ1) is 18.7. The molecule has 1 aromatic carbocycles. The Labute approximate surface area is 230 Å². The van der Waals surface area contributed by atoms with Crippen LogP contribution in [0, 0.1) is 13.8 Å². The molecule has 0 spiro atoms. The third-order valence-electron chi connectivity index (χ3n) is 8.71. The standard InChI is InChI=1S/C30H40N6O3/c1-4-35-11-5-6-21(17-35)33-29(38)20-7-10-27(32-16-20)36-23-8-9-24(36)15-22(14-23)34-30(39)26-13-18(2)25(28(31)37)12-19(26)3/h7,10,12-13,16,21-24H,4-6,8-9,11,14-15,17H2,1-3H3,(H2,31,37)(H,33,38)(H,34,39)/t21-,22?,23-,24+/m0/s1. The van der Waals surface area contributed by atoms with Gasteiger partial charge in [-0.05, 0) is 101 Å². The quantitative estimate of drug-likeness (QED) is 0.504. The van der Waals surface area contributed by atoms with E-state index in [1.807, 2.05) is 19.1 Å². The molecule has 0 radical (unpaired) electrons. The molecule has 3 aliphatic heterocycles. The third-order valence-corrected chi connectivity index (χ3v) is 8.71. The smallest absolute Gasteiger partial charge is 0.253 e. The van der Waals surface area contributed by atoms with Crippen LogP contribution < -0.4 is 21.3 Å². The van der Waals surface area contributed by atoms with Gasteiger partial charge in [0.1, 0.15) is 5.82 Å². The van der Waals surface area contributed by atoms with E-state index in [1.54, 1.807) is 25.3 Å². The summed E-state index contributed by atoms with van der Waals surface area (Å²) < 4.78 is 0. The topological polar surface area (TPSA) is 121 Å². The number of amides is 3. The molecule has 4 heterocycles. The minimum absolute atomic E-state index is 0.0595. The molecule has 0 aliphatic carbocycles. The van der Waals surface area contributed by atoms with Crippen LogP contribution in [0.1, 0.15) is 87.6 Å². The van der Waals surface area contributed by atoms with Crippen LogP contribution in [-0.2, 0) is 0 Å². The van der Waals surface area contributed by atoms with Gasteiger partial charge in [-0.3, -0.25) is 14.4 Å². The van der Waals surface area contributed by atoms with Crippen molar-refractivity contribution in [1.82, 2.24) is 20.5 Å². The Kier molecular flexibility index (Phi) is 7.88. The highest BCUT2D eigenvalue weighted by atomic mass is 16.2. The normalized spacial score (nSPS) is 24.8. The number of pyridine rings is 1. The molecule has 5 rings (SSSR count). The van der Waals surface area contributed by atoms with Crippen molar-refractivity contribution in [2.75, 3.05) is 24.5 Å². The van der Waals surface area contributed by atoms with Crippen molar-refractivity contribution < 1.29 is 14.4 Å². The summed E-state index contributed by atoms with van der Waals surface area (Å²) >= 11 is 0. The number of nitrogens with two attached hydrogens (primary N) is 1. The Morgan fingerprint density at radius 1 is 0.949 bits per heavy atom. The minimum Gasteiger partial charge on any atom is -0.366 e. The van der Waals surface area contributed by atoms with Gasteiger partial charge in [0.2, 0.25) is 5.91 Å². The lowest BCUT2D eigenvalue weighted by atomic mass is 9.95. The summed E-state index contributed by atoms with van der Waals surface area (Å²) in [5.41, 5.74) is 8.53. The van der Waals surface area contributed by atoms with Gasteiger partial charge >= 0.3 is 0 Å². The summed E-state index contributed by atoms with van der Waals surface area (Å²) in [4.78, 5) is 47.1. The number of piperidine rings is 2. The molecule has 39 heavy (non-hydrogen) atoms. The number of likely N-dealkylation sites (N-methyl/N-ethyl adjacent to an activating group) is 1. The Balaban J connectivity index is 1.20. The molecule has 4 atom stereocenters. The Bertz CT molecular complexity index is 1230. The summed E-state index contributed by atoms with van der Waals surface area (Å²) in [7, 11) is 0. The second kappa shape index (κ2) is 11.3. The van der Waals surface area contributed by atoms with E-state index in [4.69, 9.17) is 10.7 Å². The second-order valence-electron chi connectivity index (χ2n) is 11.4. The number of likely N-dealkylation sites (tertiary alicyclic amines) is 1. The lowest BCUT2D eigenvalue weighted by Gasteiger charge is -2.40. The van der Waals surface area contributed by atoms with E-state index in [0.717, 1.165) is 69.5 Å². The minimum atomic E-state index is -0.485. The van der Waals surface area contributed by atoms with Crippen molar-refractivity contribution >= 4 is 23.5 Å². The average Bonchev–Trinajstić information content (AvgIpc) is 3.19. The van der Waals surface area contributed by atoms with E-state index in [-0.39, 0.29) is 23.9 Å². The van der Waals surface area contributed by atoms with Gasteiger partial charge in [-0.25, -0.2) is 4.98 Å². The van der Waals surface area contributed by atoms with Gasteiger partial charge in [0.05, 0.1) is 5.56 Å². The van der Waals surface area contributed by atoms with E-state index in [1.165, 1.54) is 0 Å². The molecular formula is C30H40N6O3. The van der Waals surface area contributed by atoms with Crippen LogP contribution in [0.25, 0.3) is 0 Å². The van der Waals surface area contributed by atoms with Crippen LogP contribution in [0.4, 0.5) is 5.82 Å². The lowest BCUT2D eigenvalue weighted by Crippen LogP contribution is -2.51. The van der Waals surface area contributed by atoms with Crippen LogP contribution in [0.2, 0.25) is 0 Å². The maximum atomic E-state index is 13.1. The average molecular weight is 533 g/mol. The molecule has 2 bridgehead atoms. The van der Waals surface area contributed by atoms with Crippen molar-refractivity contribution in [2.24, 2.45) is 5.73 Å². The molecule has 9 heteroatoms. The summed E-state index contributed by atoms with van der Waals surface area (Å²) in [6.45, 7) is 8.80. The molecule has 1 aromatic heterocycles. The lowest BCUT2D eigenvalue weighted by molar-refractivity contribution is 0.0902. The zero-order valence-electron chi connectivity index (χ0n) is 23.2. The highest BCUT2D eigenvalue weighted by molar-refractivity contribution is 5.99. The predicted molar refractivity (Wildman–Crippen MR) is 151 cm³/mol. The summed E-state index contributed by atoms with van der Waals surface area (Å²) in [6, 6.07) is 8.15. The highest BCUT2D eigenvalue weighted by Crippen LogP contribution is 2.38. The number of benzene rings is 1. The molecule has 208 valence electrons. The largest absolute Gasteiger partial charge is 0.366 e. The molecule has 3 aliphatic rings. The fraction of sp³-hybridized carbons (Fsp3) is 0.533. The number of aryl methyl sites for hydroxylation is 2. The zero-order chi connectivity index (χ0) is 27.7. The van der Waals surface area contributed by atoms with Gasteiger partial charge < -0.3 is 26.2 Å². The van der Waals surface area contributed by atoms with E-state index in [9.17, 15) is 14.4 Å². The van der Waals surface area contributed by atoms with Crippen molar-refractivity contribution in [2.45, 2.75) is 83.5 Å². The van der Waals surface area contributed by atoms with E-state index >= 15 is 0 Å². The number of carbonyl (C=O) groups is 3. The number of nitrogens with zero attached hydrogens (tertiary/aromatic N) is 3. The zero-order valence-corrected chi connectivity index (χ0v) is 23.2. The van der Waals surface area contributed by atoms with Gasteiger partial charge in [-0.2, -0.15) is 0 Å². The SMILES string of the molecule is CCN1CCC[C@H](NC(=O)c2ccc(N3[C@@H]4CC[C@H]3CC(NC(=O)c3cc(C)c(C(N)=O)cc3C)C4)nc2)C1.